The molecule has 5 nitrogen and oxygen atoms in total. The molecule has 1 aliphatic heterocycles. The fraction of sp³-hybridized carbons (Fsp3) is 0.417. The zero-order valence-electron chi connectivity index (χ0n) is 17.9. The van der Waals surface area contributed by atoms with Crippen molar-refractivity contribution in [3.8, 4) is 5.75 Å². The van der Waals surface area contributed by atoms with Crippen LogP contribution in [0.2, 0.25) is 0 Å². The molecule has 2 aromatic rings. The van der Waals surface area contributed by atoms with Crippen molar-refractivity contribution in [1.29, 1.82) is 0 Å². The predicted octanol–water partition coefficient (Wildman–Crippen LogP) is 4.77. The lowest BCUT2D eigenvalue weighted by Crippen LogP contribution is -2.45. The smallest absolute Gasteiger partial charge is 0.229 e. The van der Waals surface area contributed by atoms with E-state index in [9.17, 15) is 18.4 Å². The third-order valence-electron chi connectivity index (χ3n) is 5.62. The van der Waals surface area contributed by atoms with Crippen LogP contribution in [0.25, 0.3) is 0 Å². The van der Waals surface area contributed by atoms with Crippen molar-refractivity contribution in [2.45, 2.75) is 39.7 Å². The van der Waals surface area contributed by atoms with Gasteiger partial charge in [0.1, 0.15) is 12.4 Å². The highest BCUT2D eigenvalue weighted by atomic mass is 19.1. The van der Waals surface area contributed by atoms with Gasteiger partial charge in [0.05, 0.1) is 5.92 Å². The molecule has 1 saturated heterocycles. The lowest BCUT2D eigenvalue weighted by Gasteiger charge is -2.33. The Bertz CT molecular complexity index is 935. The molecule has 2 amide bonds. The molecule has 1 aliphatic rings. The number of benzene rings is 2. The first-order valence-corrected chi connectivity index (χ1v) is 10.6. The van der Waals surface area contributed by atoms with E-state index in [4.69, 9.17) is 4.74 Å². The van der Waals surface area contributed by atoms with Gasteiger partial charge in [-0.05, 0) is 49.1 Å². The molecule has 0 aliphatic carbocycles. The van der Waals surface area contributed by atoms with Gasteiger partial charge in [-0.25, -0.2) is 8.78 Å². The van der Waals surface area contributed by atoms with Gasteiger partial charge in [0.25, 0.3) is 0 Å². The Balaban J connectivity index is 1.57. The van der Waals surface area contributed by atoms with E-state index >= 15 is 0 Å². The van der Waals surface area contributed by atoms with Crippen molar-refractivity contribution in [1.82, 2.24) is 4.90 Å². The summed E-state index contributed by atoms with van der Waals surface area (Å²) in [6.45, 7) is 4.94. The first-order chi connectivity index (χ1) is 14.9. The van der Waals surface area contributed by atoms with E-state index in [1.165, 1.54) is 24.3 Å². The lowest BCUT2D eigenvalue weighted by atomic mass is 9.95. The number of halogens is 2. The highest BCUT2D eigenvalue weighted by Crippen LogP contribution is 2.25. The van der Waals surface area contributed by atoms with Crippen molar-refractivity contribution in [2.75, 3.05) is 18.4 Å². The summed E-state index contributed by atoms with van der Waals surface area (Å²) in [6, 6.07) is 10.1. The number of carbonyl (C=O) groups is 2. The number of carbonyl (C=O) groups excluding carboxylic acids is 2. The maximum atomic E-state index is 14.4. The standard InChI is InChI=1S/C24H28F2N2O3/c1-3-16(2)24(30)28-11-5-7-18(14-28)23(29)27-20-9-10-22(21(26)13-20)31-15-17-6-4-8-19(25)12-17/h4,6,8-10,12-13,16,18H,3,5,7,11,14-15H2,1-2H3,(H,27,29). The van der Waals surface area contributed by atoms with Crippen molar-refractivity contribution in [3.63, 3.8) is 0 Å². The molecule has 1 heterocycles. The summed E-state index contributed by atoms with van der Waals surface area (Å²) in [5.74, 6) is -1.52. The quantitative estimate of drug-likeness (QED) is 0.689. The first kappa shape index (κ1) is 22.7. The van der Waals surface area contributed by atoms with Crippen molar-refractivity contribution in [2.24, 2.45) is 11.8 Å². The second-order valence-corrected chi connectivity index (χ2v) is 7.99. The maximum Gasteiger partial charge on any atom is 0.229 e. The zero-order valence-corrected chi connectivity index (χ0v) is 17.9. The van der Waals surface area contributed by atoms with E-state index in [1.807, 2.05) is 13.8 Å². The van der Waals surface area contributed by atoms with Gasteiger partial charge in [0, 0.05) is 30.8 Å². The minimum Gasteiger partial charge on any atom is -0.486 e. The minimum atomic E-state index is -0.619. The number of amides is 2. The molecule has 2 unspecified atom stereocenters. The van der Waals surface area contributed by atoms with Crippen LogP contribution in [0.1, 0.15) is 38.7 Å². The molecule has 0 bridgehead atoms. The van der Waals surface area contributed by atoms with Crippen LogP contribution >= 0.6 is 0 Å². The number of piperidine rings is 1. The average Bonchev–Trinajstić information content (AvgIpc) is 2.77. The molecule has 3 rings (SSSR count). The third-order valence-corrected chi connectivity index (χ3v) is 5.62. The summed E-state index contributed by atoms with van der Waals surface area (Å²) in [6.07, 6.45) is 2.22. The number of hydrogen-bond acceptors (Lipinski definition) is 3. The molecule has 2 atom stereocenters. The molecule has 166 valence electrons. The summed E-state index contributed by atoms with van der Waals surface area (Å²) in [5, 5.41) is 2.74. The average molecular weight is 430 g/mol. The highest BCUT2D eigenvalue weighted by molar-refractivity contribution is 5.93. The van der Waals surface area contributed by atoms with Gasteiger partial charge in [-0.3, -0.25) is 9.59 Å². The van der Waals surface area contributed by atoms with E-state index in [-0.39, 0.29) is 41.8 Å². The van der Waals surface area contributed by atoms with Crippen LogP contribution in [-0.4, -0.2) is 29.8 Å². The van der Waals surface area contributed by atoms with Gasteiger partial charge in [-0.2, -0.15) is 0 Å². The van der Waals surface area contributed by atoms with Gasteiger partial charge >= 0.3 is 0 Å². The fourth-order valence-corrected chi connectivity index (χ4v) is 3.61. The van der Waals surface area contributed by atoms with E-state index in [1.54, 1.807) is 23.1 Å². The van der Waals surface area contributed by atoms with Crippen molar-refractivity contribution >= 4 is 17.5 Å². The Hall–Kier alpha value is -2.96. The number of hydrogen-bond donors (Lipinski definition) is 1. The van der Waals surface area contributed by atoms with Crippen LogP contribution < -0.4 is 10.1 Å². The largest absolute Gasteiger partial charge is 0.486 e. The number of rotatable bonds is 7. The number of anilines is 1. The molecule has 0 spiro atoms. The second-order valence-electron chi connectivity index (χ2n) is 7.99. The van der Waals surface area contributed by atoms with Crippen LogP contribution in [0.3, 0.4) is 0 Å². The van der Waals surface area contributed by atoms with Crippen LogP contribution in [0.4, 0.5) is 14.5 Å². The Labute approximate surface area is 181 Å². The first-order valence-electron chi connectivity index (χ1n) is 10.6. The molecule has 0 saturated carbocycles. The van der Waals surface area contributed by atoms with Gasteiger partial charge in [0.2, 0.25) is 11.8 Å². The number of likely N-dealkylation sites (tertiary alicyclic amines) is 1. The summed E-state index contributed by atoms with van der Waals surface area (Å²) >= 11 is 0. The van der Waals surface area contributed by atoms with Gasteiger partial charge in [0.15, 0.2) is 11.6 Å². The van der Waals surface area contributed by atoms with E-state index in [0.717, 1.165) is 12.8 Å². The Morgan fingerprint density at radius 3 is 2.74 bits per heavy atom. The Kier molecular flexibility index (Phi) is 7.60. The van der Waals surface area contributed by atoms with Crippen LogP contribution in [0.15, 0.2) is 42.5 Å². The maximum absolute atomic E-state index is 14.4. The summed E-state index contributed by atoms with van der Waals surface area (Å²) < 4.78 is 33.1. The third kappa shape index (κ3) is 6.03. The van der Waals surface area contributed by atoms with Gasteiger partial charge in [-0.1, -0.05) is 26.0 Å². The monoisotopic (exact) mass is 430 g/mol. The van der Waals surface area contributed by atoms with Crippen molar-refractivity contribution < 1.29 is 23.1 Å². The second kappa shape index (κ2) is 10.4. The molecule has 2 aromatic carbocycles. The summed E-state index contributed by atoms with van der Waals surface area (Å²) in [4.78, 5) is 26.9. The van der Waals surface area contributed by atoms with Gasteiger partial charge < -0.3 is 15.0 Å². The van der Waals surface area contributed by atoms with Crippen molar-refractivity contribution in [3.05, 3.63) is 59.7 Å². The molecule has 31 heavy (non-hydrogen) atoms. The normalized spacial score (nSPS) is 17.2. The van der Waals surface area contributed by atoms with Crippen LogP contribution in [-0.2, 0) is 16.2 Å². The highest BCUT2D eigenvalue weighted by Gasteiger charge is 2.30. The molecular formula is C24H28F2N2O3. The summed E-state index contributed by atoms with van der Waals surface area (Å²) in [7, 11) is 0. The molecule has 1 N–H and O–H groups in total. The molecular weight excluding hydrogens is 402 g/mol. The van der Waals surface area contributed by atoms with E-state index in [2.05, 4.69) is 5.32 Å². The number of ether oxygens (including phenoxy) is 1. The Morgan fingerprint density at radius 2 is 2.03 bits per heavy atom. The fourth-order valence-electron chi connectivity index (χ4n) is 3.61. The number of nitrogens with one attached hydrogen (secondary N) is 1. The predicted molar refractivity (Wildman–Crippen MR) is 115 cm³/mol. The molecule has 0 radical (unpaired) electrons. The van der Waals surface area contributed by atoms with Gasteiger partial charge in [-0.15, -0.1) is 0 Å². The summed E-state index contributed by atoms with van der Waals surface area (Å²) in [5.41, 5.74) is 0.913. The topological polar surface area (TPSA) is 58.6 Å². The lowest BCUT2D eigenvalue weighted by molar-refractivity contribution is -0.138. The zero-order chi connectivity index (χ0) is 22.4. The molecule has 1 fully saturated rings. The van der Waals surface area contributed by atoms with Crippen LogP contribution in [0.5, 0.6) is 5.75 Å². The minimum absolute atomic E-state index is 0.0188. The van der Waals surface area contributed by atoms with E-state index < -0.39 is 5.82 Å². The SMILES string of the molecule is CCC(C)C(=O)N1CCCC(C(=O)Nc2ccc(OCc3cccc(F)c3)c(F)c2)C1. The Morgan fingerprint density at radius 1 is 1.23 bits per heavy atom. The molecule has 0 aromatic heterocycles. The number of nitrogens with zero attached hydrogens (tertiary/aromatic N) is 1. The molecule has 7 heteroatoms. The van der Waals surface area contributed by atoms with Crippen LogP contribution in [0, 0.1) is 23.5 Å². The van der Waals surface area contributed by atoms with E-state index in [0.29, 0.717) is 30.8 Å².